The van der Waals surface area contributed by atoms with E-state index >= 15 is 0 Å². The summed E-state index contributed by atoms with van der Waals surface area (Å²) in [6.45, 7) is 2.20. The summed E-state index contributed by atoms with van der Waals surface area (Å²) < 4.78 is 5.14. The van der Waals surface area contributed by atoms with Crippen LogP contribution >= 0.6 is 11.6 Å². The largest absolute Gasteiger partial charge is 0.495 e. The molecule has 1 N–H and O–H groups in total. The average molecular weight is 226 g/mol. The smallest absolute Gasteiger partial charge is 0.137 e. The fourth-order valence-corrected chi connectivity index (χ4v) is 2.34. The molecule has 3 heteroatoms. The number of methoxy groups -OCH3 is 1. The molecule has 1 heterocycles. The summed E-state index contributed by atoms with van der Waals surface area (Å²) in [5, 5.41) is 4.12. The van der Waals surface area contributed by atoms with Crippen LogP contribution in [-0.2, 0) is 0 Å². The zero-order valence-electron chi connectivity index (χ0n) is 8.92. The molecule has 1 aliphatic rings. The lowest BCUT2D eigenvalue weighted by Gasteiger charge is -2.23. The quantitative estimate of drug-likeness (QED) is 0.836. The van der Waals surface area contributed by atoms with E-state index in [4.69, 9.17) is 16.3 Å². The Labute approximate surface area is 95.6 Å². The molecule has 0 aliphatic carbocycles. The van der Waals surface area contributed by atoms with Gasteiger partial charge in [0.1, 0.15) is 5.75 Å². The van der Waals surface area contributed by atoms with Crippen LogP contribution in [0.4, 0.5) is 0 Å². The highest BCUT2D eigenvalue weighted by molar-refractivity contribution is 6.32. The van der Waals surface area contributed by atoms with E-state index in [0.717, 1.165) is 18.8 Å². The number of nitrogens with one attached hydrogen (secondary N) is 1. The number of piperidine rings is 1. The molecule has 2 rings (SSSR count). The Hall–Kier alpha value is -0.730. The van der Waals surface area contributed by atoms with Gasteiger partial charge in [-0.25, -0.2) is 0 Å². The number of benzene rings is 1. The van der Waals surface area contributed by atoms with Crippen LogP contribution in [0.5, 0.6) is 5.75 Å². The van der Waals surface area contributed by atoms with Crippen LogP contribution in [0, 0.1) is 0 Å². The van der Waals surface area contributed by atoms with Gasteiger partial charge in [0.15, 0.2) is 0 Å². The van der Waals surface area contributed by atoms with Crippen molar-refractivity contribution in [3.8, 4) is 5.75 Å². The molecule has 0 saturated carbocycles. The number of hydrogen-bond acceptors (Lipinski definition) is 2. The minimum absolute atomic E-state index is 0.599. The van der Waals surface area contributed by atoms with Crippen molar-refractivity contribution in [3.05, 3.63) is 28.8 Å². The second-order valence-corrected chi connectivity index (χ2v) is 4.34. The number of ether oxygens (including phenoxy) is 1. The summed E-state index contributed by atoms with van der Waals surface area (Å²) >= 11 is 6.10. The van der Waals surface area contributed by atoms with Gasteiger partial charge >= 0.3 is 0 Å². The van der Waals surface area contributed by atoms with Crippen LogP contribution < -0.4 is 10.1 Å². The molecule has 0 unspecified atom stereocenters. The average Bonchev–Trinajstić information content (AvgIpc) is 2.30. The first kappa shape index (κ1) is 10.8. The monoisotopic (exact) mass is 225 g/mol. The second-order valence-electron chi connectivity index (χ2n) is 3.94. The molecule has 1 atom stereocenters. The van der Waals surface area contributed by atoms with Crippen molar-refractivity contribution < 1.29 is 4.74 Å². The van der Waals surface area contributed by atoms with Gasteiger partial charge < -0.3 is 10.1 Å². The Kier molecular flexibility index (Phi) is 3.49. The topological polar surface area (TPSA) is 21.3 Å². The Morgan fingerprint density at radius 1 is 1.47 bits per heavy atom. The van der Waals surface area contributed by atoms with E-state index in [1.54, 1.807) is 7.11 Å². The van der Waals surface area contributed by atoms with Crippen LogP contribution in [0.15, 0.2) is 18.2 Å². The van der Waals surface area contributed by atoms with E-state index in [2.05, 4.69) is 11.4 Å². The van der Waals surface area contributed by atoms with Gasteiger partial charge in [-0.05, 0) is 43.0 Å². The minimum Gasteiger partial charge on any atom is -0.495 e. The van der Waals surface area contributed by atoms with Gasteiger partial charge in [-0.2, -0.15) is 0 Å². The fraction of sp³-hybridized carbons (Fsp3) is 0.500. The maximum absolute atomic E-state index is 6.10. The van der Waals surface area contributed by atoms with Gasteiger partial charge in [-0.1, -0.05) is 17.7 Å². The van der Waals surface area contributed by atoms with E-state index in [-0.39, 0.29) is 0 Å². The van der Waals surface area contributed by atoms with Crippen molar-refractivity contribution in [3.63, 3.8) is 0 Å². The molecule has 1 aliphatic heterocycles. The van der Waals surface area contributed by atoms with E-state index in [9.17, 15) is 0 Å². The third kappa shape index (κ3) is 2.44. The summed E-state index contributed by atoms with van der Waals surface area (Å²) in [4.78, 5) is 0. The van der Waals surface area contributed by atoms with E-state index < -0.39 is 0 Å². The molecule has 2 nitrogen and oxygen atoms in total. The van der Waals surface area contributed by atoms with Crippen LogP contribution in [0.25, 0.3) is 0 Å². The van der Waals surface area contributed by atoms with E-state index in [1.807, 2.05) is 12.1 Å². The zero-order chi connectivity index (χ0) is 10.7. The maximum atomic E-state index is 6.10. The van der Waals surface area contributed by atoms with Crippen LogP contribution in [-0.4, -0.2) is 20.2 Å². The molecule has 15 heavy (non-hydrogen) atoms. The number of halogens is 1. The maximum Gasteiger partial charge on any atom is 0.137 e. The molecule has 1 aromatic rings. The molecule has 1 saturated heterocycles. The lowest BCUT2D eigenvalue weighted by atomic mass is 9.92. The summed E-state index contributed by atoms with van der Waals surface area (Å²) in [5.41, 5.74) is 1.31. The highest BCUT2D eigenvalue weighted by Crippen LogP contribution is 2.30. The van der Waals surface area contributed by atoms with Crippen LogP contribution in [0.2, 0.25) is 5.02 Å². The SMILES string of the molecule is COc1ccc([C@H]2CCCNC2)cc1Cl. The molecule has 1 fully saturated rings. The highest BCUT2D eigenvalue weighted by Gasteiger charge is 2.15. The molecule has 0 aromatic heterocycles. The molecule has 1 aromatic carbocycles. The first-order valence-electron chi connectivity index (χ1n) is 5.35. The molecule has 0 bridgehead atoms. The summed E-state index contributed by atoms with van der Waals surface area (Å²) in [5.74, 6) is 1.35. The highest BCUT2D eigenvalue weighted by atomic mass is 35.5. The fourth-order valence-electron chi connectivity index (χ4n) is 2.07. The Balaban J connectivity index is 2.17. The standard InChI is InChI=1S/C12H16ClNO/c1-15-12-5-4-9(7-11(12)13)10-3-2-6-14-8-10/h4-5,7,10,14H,2-3,6,8H2,1H3/t10-/m0/s1. The summed E-state index contributed by atoms with van der Waals surface area (Å²) in [6.07, 6.45) is 2.49. The first-order valence-corrected chi connectivity index (χ1v) is 5.73. The molecular weight excluding hydrogens is 210 g/mol. The third-order valence-electron chi connectivity index (χ3n) is 2.94. The Morgan fingerprint density at radius 2 is 2.33 bits per heavy atom. The van der Waals surface area contributed by atoms with E-state index in [1.165, 1.54) is 18.4 Å². The molecule has 0 radical (unpaired) electrons. The summed E-state index contributed by atoms with van der Waals surface area (Å²) in [7, 11) is 1.64. The molecular formula is C12H16ClNO. The van der Waals surface area contributed by atoms with Crippen molar-refractivity contribution in [2.45, 2.75) is 18.8 Å². The van der Waals surface area contributed by atoms with Gasteiger partial charge in [0, 0.05) is 6.54 Å². The normalized spacial score (nSPS) is 21.3. The van der Waals surface area contributed by atoms with Gasteiger partial charge in [0.2, 0.25) is 0 Å². The van der Waals surface area contributed by atoms with Crippen molar-refractivity contribution in [1.82, 2.24) is 5.32 Å². The predicted molar refractivity (Wildman–Crippen MR) is 62.8 cm³/mol. The van der Waals surface area contributed by atoms with Crippen molar-refractivity contribution in [1.29, 1.82) is 0 Å². The second kappa shape index (κ2) is 4.86. The number of rotatable bonds is 2. The van der Waals surface area contributed by atoms with E-state index in [0.29, 0.717) is 10.9 Å². The van der Waals surface area contributed by atoms with Gasteiger partial charge in [-0.3, -0.25) is 0 Å². The van der Waals surface area contributed by atoms with Gasteiger partial charge in [0.25, 0.3) is 0 Å². The third-order valence-corrected chi connectivity index (χ3v) is 3.24. The van der Waals surface area contributed by atoms with Crippen molar-refractivity contribution in [2.75, 3.05) is 20.2 Å². The van der Waals surface area contributed by atoms with Gasteiger partial charge in [-0.15, -0.1) is 0 Å². The van der Waals surface area contributed by atoms with Gasteiger partial charge in [0.05, 0.1) is 12.1 Å². The van der Waals surface area contributed by atoms with Crippen molar-refractivity contribution >= 4 is 11.6 Å². The van der Waals surface area contributed by atoms with Crippen LogP contribution in [0.1, 0.15) is 24.3 Å². The first-order chi connectivity index (χ1) is 7.31. The number of hydrogen-bond donors (Lipinski definition) is 1. The Bertz CT molecular complexity index is 334. The predicted octanol–water partition coefficient (Wildman–Crippen LogP) is 2.82. The van der Waals surface area contributed by atoms with Crippen molar-refractivity contribution in [2.24, 2.45) is 0 Å². The Morgan fingerprint density at radius 3 is 2.93 bits per heavy atom. The lowest BCUT2D eigenvalue weighted by Crippen LogP contribution is -2.28. The molecule has 0 amide bonds. The molecule has 82 valence electrons. The zero-order valence-corrected chi connectivity index (χ0v) is 9.68. The lowest BCUT2D eigenvalue weighted by molar-refractivity contribution is 0.414. The molecule has 0 spiro atoms. The van der Waals surface area contributed by atoms with Crippen LogP contribution in [0.3, 0.4) is 0 Å². The minimum atomic E-state index is 0.599. The summed E-state index contributed by atoms with van der Waals surface area (Å²) in [6, 6.07) is 6.09.